The Morgan fingerprint density at radius 2 is 2.13 bits per heavy atom. The lowest BCUT2D eigenvalue weighted by molar-refractivity contribution is -0.125. The lowest BCUT2D eigenvalue weighted by Crippen LogP contribution is -2.34. The van der Waals surface area contributed by atoms with Gasteiger partial charge in [0.2, 0.25) is 18.7 Å². The van der Waals surface area contributed by atoms with Crippen molar-refractivity contribution >= 4 is 24.6 Å². The van der Waals surface area contributed by atoms with Gasteiger partial charge in [0.25, 0.3) is 5.91 Å². The SMILES string of the molecule is CC(CCC(=O)NC=O)N1Cc2cc(CNC=O)ccc2C1=O. The zero-order chi connectivity index (χ0) is 16.8. The number of hydrogen-bond acceptors (Lipinski definition) is 4. The summed E-state index contributed by atoms with van der Waals surface area (Å²) < 4.78 is 0. The minimum atomic E-state index is -0.349. The molecule has 2 N–H and O–H groups in total. The first-order valence-electron chi connectivity index (χ1n) is 7.39. The van der Waals surface area contributed by atoms with Crippen LogP contribution in [0, 0.1) is 0 Å². The van der Waals surface area contributed by atoms with Crippen LogP contribution in [0.5, 0.6) is 0 Å². The Kier molecular flexibility index (Phi) is 5.46. The van der Waals surface area contributed by atoms with Gasteiger partial charge in [-0.2, -0.15) is 0 Å². The van der Waals surface area contributed by atoms with Gasteiger partial charge in [-0.1, -0.05) is 12.1 Å². The van der Waals surface area contributed by atoms with Gasteiger partial charge >= 0.3 is 0 Å². The number of nitrogens with one attached hydrogen (secondary N) is 2. The largest absolute Gasteiger partial charge is 0.355 e. The fraction of sp³-hybridized carbons (Fsp3) is 0.375. The van der Waals surface area contributed by atoms with Gasteiger partial charge in [-0.3, -0.25) is 24.5 Å². The van der Waals surface area contributed by atoms with E-state index in [0.29, 0.717) is 37.9 Å². The van der Waals surface area contributed by atoms with Crippen molar-refractivity contribution in [1.29, 1.82) is 0 Å². The Morgan fingerprint density at radius 1 is 1.35 bits per heavy atom. The molecule has 0 saturated carbocycles. The number of nitrogens with zero attached hydrogens (tertiary/aromatic N) is 1. The van der Waals surface area contributed by atoms with E-state index in [0.717, 1.165) is 11.1 Å². The predicted octanol–water partition coefficient (Wildman–Crippen LogP) is 0.330. The molecule has 0 aromatic heterocycles. The number of imide groups is 1. The smallest absolute Gasteiger partial charge is 0.254 e. The summed E-state index contributed by atoms with van der Waals surface area (Å²) in [5.41, 5.74) is 2.51. The highest BCUT2D eigenvalue weighted by Crippen LogP contribution is 2.26. The van der Waals surface area contributed by atoms with Crippen molar-refractivity contribution in [2.24, 2.45) is 0 Å². The van der Waals surface area contributed by atoms with E-state index in [4.69, 9.17) is 0 Å². The molecular weight excluding hydrogens is 298 g/mol. The van der Waals surface area contributed by atoms with E-state index in [2.05, 4.69) is 10.6 Å². The second-order valence-corrected chi connectivity index (χ2v) is 5.50. The Balaban J connectivity index is 2.00. The van der Waals surface area contributed by atoms with E-state index in [-0.39, 0.29) is 24.3 Å². The minimum Gasteiger partial charge on any atom is -0.355 e. The van der Waals surface area contributed by atoms with Crippen molar-refractivity contribution in [3.63, 3.8) is 0 Å². The average molecular weight is 317 g/mol. The topological polar surface area (TPSA) is 95.6 Å². The van der Waals surface area contributed by atoms with Crippen LogP contribution in [0.25, 0.3) is 0 Å². The lowest BCUT2D eigenvalue weighted by Gasteiger charge is -2.23. The third-order valence-corrected chi connectivity index (χ3v) is 3.93. The summed E-state index contributed by atoms with van der Waals surface area (Å²) >= 11 is 0. The Labute approximate surface area is 134 Å². The van der Waals surface area contributed by atoms with E-state index in [1.54, 1.807) is 11.0 Å². The lowest BCUT2D eigenvalue weighted by atomic mass is 10.1. The van der Waals surface area contributed by atoms with Crippen molar-refractivity contribution in [3.05, 3.63) is 34.9 Å². The molecule has 7 nitrogen and oxygen atoms in total. The summed E-state index contributed by atoms with van der Waals surface area (Å²) in [5.74, 6) is -0.406. The van der Waals surface area contributed by atoms with Crippen LogP contribution in [-0.4, -0.2) is 35.6 Å². The van der Waals surface area contributed by atoms with Crippen LogP contribution in [0.1, 0.15) is 41.3 Å². The summed E-state index contributed by atoms with van der Waals surface area (Å²) in [6, 6.07) is 5.39. The quantitative estimate of drug-likeness (QED) is 0.675. The highest BCUT2D eigenvalue weighted by molar-refractivity contribution is 5.98. The maximum absolute atomic E-state index is 12.4. The summed E-state index contributed by atoms with van der Waals surface area (Å²) in [6.07, 6.45) is 1.67. The molecule has 23 heavy (non-hydrogen) atoms. The van der Waals surface area contributed by atoms with E-state index in [1.165, 1.54) is 0 Å². The number of carbonyl (C=O) groups is 4. The maximum atomic E-state index is 12.4. The van der Waals surface area contributed by atoms with Gasteiger partial charge in [-0.05, 0) is 30.5 Å². The summed E-state index contributed by atoms with van der Waals surface area (Å²) in [7, 11) is 0. The summed E-state index contributed by atoms with van der Waals surface area (Å²) in [5, 5.41) is 4.68. The summed E-state index contributed by atoms with van der Waals surface area (Å²) in [4.78, 5) is 46.0. The highest BCUT2D eigenvalue weighted by Gasteiger charge is 2.30. The zero-order valence-electron chi connectivity index (χ0n) is 12.9. The third-order valence-electron chi connectivity index (χ3n) is 3.93. The number of amides is 4. The van der Waals surface area contributed by atoms with Gasteiger partial charge in [0.15, 0.2) is 0 Å². The number of benzene rings is 1. The molecule has 0 spiro atoms. The molecule has 122 valence electrons. The first kappa shape index (κ1) is 16.7. The second kappa shape index (κ2) is 7.53. The Morgan fingerprint density at radius 3 is 2.83 bits per heavy atom. The predicted molar refractivity (Wildman–Crippen MR) is 82.1 cm³/mol. The van der Waals surface area contributed by atoms with Gasteiger partial charge in [0.05, 0.1) is 0 Å². The van der Waals surface area contributed by atoms with Crippen LogP contribution in [0.15, 0.2) is 18.2 Å². The molecule has 1 atom stereocenters. The summed E-state index contributed by atoms with van der Waals surface area (Å²) in [6.45, 7) is 2.79. The molecule has 0 radical (unpaired) electrons. The van der Waals surface area contributed by atoms with E-state index in [1.807, 2.05) is 19.1 Å². The first-order chi connectivity index (χ1) is 11.1. The zero-order valence-corrected chi connectivity index (χ0v) is 12.9. The van der Waals surface area contributed by atoms with E-state index >= 15 is 0 Å². The van der Waals surface area contributed by atoms with Crippen LogP contribution in [0.4, 0.5) is 0 Å². The van der Waals surface area contributed by atoms with Crippen molar-refractivity contribution in [1.82, 2.24) is 15.5 Å². The Hall–Kier alpha value is -2.70. The molecular formula is C16H19N3O4. The standard InChI is InChI=1S/C16H19N3O4/c1-11(2-5-15(22)18-10-21)19-8-13-6-12(7-17-9-20)3-4-14(13)16(19)23/h3-4,6,9-11H,2,5,7-8H2,1H3,(H,17,20)(H,18,21,22). The van der Waals surface area contributed by atoms with Gasteiger partial charge < -0.3 is 10.2 Å². The van der Waals surface area contributed by atoms with Gasteiger partial charge in [-0.15, -0.1) is 0 Å². The van der Waals surface area contributed by atoms with E-state index in [9.17, 15) is 19.2 Å². The van der Waals surface area contributed by atoms with Crippen molar-refractivity contribution < 1.29 is 19.2 Å². The van der Waals surface area contributed by atoms with Crippen molar-refractivity contribution in [3.8, 4) is 0 Å². The second-order valence-electron chi connectivity index (χ2n) is 5.50. The van der Waals surface area contributed by atoms with Crippen LogP contribution in [0.3, 0.4) is 0 Å². The molecule has 2 rings (SSSR count). The number of rotatable bonds is 8. The first-order valence-corrected chi connectivity index (χ1v) is 7.39. The maximum Gasteiger partial charge on any atom is 0.254 e. The van der Waals surface area contributed by atoms with Crippen LogP contribution < -0.4 is 10.6 Å². The fourth-order valence-electron chi connectivity index (χ4n) is 2.66. The minimum absolute atomic E-state index is 0.0572. The van der Waals surface area contributed by atoms with Crippen LogP contribution in [0.2, 0.25) is 0 Å². The third kappa shape index (κ3) is 3.94. The molecule has 4 amide bonds. The van der Waals surface area contributed by atoms with Crippen molar-refractivity contribution in [2.75, 3.05) is 0 Å². The molecule has 1 heterocycles. The van der Waals surface area contributed by atoms with E-state index < -0.39 is 0 Å². The molecule has 1 unspecified atom stereocenters. The molecule has 0 fully saturated rings. The van der Waals surface area contributed by atoms with Gasteiger partial charge in [-0.25, -0.2) is 0 Å². The Bertz CT molecular complexity index is 630. The van der Waals surface area contributed by atoms with Crippen LogP contribution in [-0.2, 0) is 27.5 Å². The molecule has 7 heteroatoms. The molecule has 1 aliphatic rings. The fourth-order valence-corrected chi connectivity index (χ4v) is 2.66. The molecule has 1 aromatic rings. The molecule has 0 saturated heterocycles. The van der Waals surface area contributed by atoms with Crippen LogP contribution >= 0.6 is 0 Å². The average Bonchev–Trinajstić information content (AvgIpc) is 2.87. The van der Waals surface area contributed by atoms with Gasteiger partial charge in [0, 0.05) is 31.1 Å². The number of fused-ring (bicyclic) bond motifs is 1. The molecule has 1 aromatic carbocycles. The molecule has 0 bridgehead atoms. The monoisotopic (exact) mass is 317 g/mol. The normalized spacial score (nSPS) is 14.1. The number of hydrogen-bond donors (Lipinski definition) is 2. The van der Waals surface area contributed by atoms with Gasteiger partial charge in [0.1, 0.15) is 0 Å². The highest BCUT2D eigenvalue weighted by atomic mass is 16.2. The molecule has 1 aliphatic heterocycles. The van der Waals surface area contributed by atoms with Crippen molar-refractivity contribution in [2.45, 2.75) is 38.9 Å². The number of carbonyl (C=O) groups excluding carboxylic acids is 4. The molecule has 0 aliphatic carbocycles.